The maximum atomic E-state index is 11.1. The molecule has 5 nitrogen and oxygen atoms in total. The number of para-hydroxylation sites is 1. The van der Waals surface area contributed by atoms with E-state index < -0.39 is 5.97 Å². The van der Waals surface area contributed by atoms with Crippen molar-refractivity contribution in [2.75, 3.05) is 0 Å². The van der Waals surface area contributed by atoms with Gasteiger partial charge in [0.1, 0.15) is 5.69 Å². The fraction of sp³-hybridized carbons (Fsp3) is 0.143. The topological polar surface area (TPSA) is 70.9 Å². The molecule has 2 aromatic heterocycles. The van der Waals surface area contributed by atoms with Crippen LogP contribution in [0.4, 0.5) is 0 Å². The van der Waals surface area contributed by atoms with E-state index >= 15 is 0 Å². The van der Waals surface area contributed by atoms with Gasteiger partial charge >= 0.3 is 5.97 Å². The van der Waals surface area contributed by atoms with Crippen molar-refractivity contribution in [2.24, 2.45) is 7.05 Å². The summed E-state index contributed by atoms with van der Waals surface area (Å²) in [6.07, 6.45) is 0. The van der Waals surface area contributed by atoms with Crippen LogP contribution in [0.1, 0.15) is 16.2 Å². The van der Waals surface area contributed by atoms with Crippen molar-refractivity contribution >= 4 is 28.5 Å². The van der Waals surface area contributed by atoms with Gasteiger partial charge in [-0.1, -0.05) is 23.7 Å². The van der Waals surface area contributed by atoms with Crippen LogP contribution >= 0.6 is 11.6 Å². The van der Waals surface area contributed by atoms with Gasteiger partial charge in [0.2, 0.25) is 0 Å². The van der Waals surface area contributed by atoms with Gasteiger partial charge in [0.05, 0.1) is 16.2 Å². The molecule has 6 heteroatoms. The molecule has 1 aromatic carbocycles. The average Bonchev–Trinajstić information content (AvgIpc) is 2.90. The van der Waals surface area contributed by atoms with E-state index in [1.807, 2.05) is 25.1 Å². The molecule has 2 N–H and O–H groups in total. The Hall–Kier alpha value is -2.27. The fourth-order valence-corrected chi connectivity index (χ4v) is 2.65. The van der Waals surface area contributed by atoms with Crippen LogP contribution < -0.4 is 0 Å². The number of aromatic nitrogens is 3. The molecule has 0 unspecified atom stereocenters. The zero-order valence-electron chi connectivity index (χ0n) is 10.9. The molecule has 3 rings (SSSR count). The number of hydrogen-bond donors (Lipinski definition) is 2. The molecule has 0 atom stereocenters. The van der Waals surface area contributed by atoms with Crippen LogP contribution in [-0.2, 0) is 7.05 Å². The number of aromatic carboxylic acids is 1. The van der Waals surface area contributed by atoms with Gasteiger partial charge in [0.15, 0.2) is 0 Å². The van der Waals surface area contributed by atoms with Crippen molar-refractivity contribution in [3.8, 4) is 11.3 Å². The molecule has 0 saturated carbocycles. The molecule has 0 saturated heterocycles. The summed E-state index contributed by atoms with van der Waals surface area (Å²) in [7, 11) is 1.62. The van der Waals surface area contributed by atoms with Crippen LogP contribution in [0.2, 0.25) is 5.02 Å². The minimum absolute atomic E-state index is 0.149. The summed E-state index contributed by atoms with van der Waals surface area (Å²) in [6.45, 7) is 1.92. The monoisotopic (exact) mass is 289 g/mol. The highest BCUT2D eigenvalue weighted by atomic mass is 35.5. The maximum Gasteiger partial charge on any atom is 0.354 e. The number of H-pyrrole nitrogens is 1. The summed E-state index contributed by atoms with van der Waals surface area (Å²) in [5, 5.41) is 15.0. The van der Waals surface area contributed by atoms with E-state index in [2.05, 4.69) is 10.1 Å². The molecule has 102 valence electrons. The molecule has 0 amide bonds. The second-order valence-electron chi connectivity index (χ2n) is 4.63. The first-order valence-electron chi connectivity index (χ1n) is 6.03. The van der Waals surface area contributed by atoms with Crippen LogP contribution in [0.3, 0.4) is 0 Å². The van der Waals surface area contributed by atoms with E-state index in [1.54, 1.807) is 13.1 Å². The Balaban J connectivity index is 2.30. The number of carboxylic acids is 1. The maximum absolute atomic E-state index is 11.1. The number of aromatic amines is 1. The number of hydrogen-bond acceptors (Lipinski definition) is 2. The highest BCUT2D eigenvalue weighted by molar-refractivity contribution is 6.35. The summed E-state index contributed by atoms with van der Waals surface area (Å²) in [5.74, 6) is -0.998. The van der Waals surface area contributed by atoms with Crippen LogP contribution in [0.25, 0.3) is 22.2 Å². The Bertz CT molecular complexity index is 832. The van der Waals surface area contributed by atoms with Gasteiger partial charge in [-0.15, -0.1) is 0 Å². The van der Waals surface area contributed by atoms with Crippen molar-refractivity contribution in [2.45, 2.75) is 6.92 Å². The lowest BCUT2D eigenvalue weighted by Gasteiger charge is -1.97. The minimum Gasteiger partial charge on any atom is -0.477 e. The van der Waals surface area contributed by atoms with E-state index in [0.29, 0.717) is 10.7 Å². The van der Waals surface area contributed by atoms with Crippen LogP contribution in [0.15, 0.2) is 24.3 Å². The fourth-order valence-electron chi connectivity index (χ4n) is 2.43. The highest BCUT2D eigenvalue weighted by Gasteiger charge is 2.18. The number of carbonyl (C=O) groups is 1. The quantitative estimate of drug-likeness (QED) is 0.761. The molecule has 0 radical (unpaired) electrons. The lowest BCUT2D eigenvalue weighted by atomic mass is 10.1. The third-order valence-electron chi connectivity index (χ3n) is 3.33. The number of halogens is 1. The standard InChI is InChI=1S/C14H12ClN3O2/c1-7-12(8-4-3-5-9(15)13(8)16-7)10-6-11(14(19)20)18(2)17-10/h3-6,16H,1-2H3,(H,19,20). The molecule has 3 aromatic rings. The van der Waals surface area contributed by atoms with Crippen molar-refractivity contribution in [3.05, 3.63) is 40.7 Å². The Morgan fingerprint density at radius 1 is 1.45 bits per heavy atom. The number of rotatable bonds is 2. The van der Waals surface area contributed by atoms with Gasteiger partial charge in [0, 0.05) is 23.7 Å². The molecule has 2 heterocycles. The van der Waals surface area contributed by atoms with Crippen molar-refractivity contribution < 1.29 is 9.90 Å². The normalized spacial score (nSPS) is 11.2. The molecule has 0 aliphatic carbocycles. The Morgan fingerprint density at radius 3 is 2.85 bits per heavy atom. The molecule has 0 spiro atoms. The van der Waals surface area contributed by atoms with Crippen LogP contribution in [0, 0.1) is 6.92 Å². The van der Waals surface area contributed by atoms with Gasteiger partial charge < -0.3 is 10.1 Å². The highest BCUT2D eigenvalue weighted by Crippen LogP contribution is 2.34. The van der Waals surface area contributed by atoms with E-state index in [0.717, 1.165) is 22.2 Å². The minimum atomic E-state index is -0.998. The molecular weight excluding hydrogens is 278 g/mol. The number of carboxylic acid groups (broad SMARTS) is 1. The molecule has 20 heavy (non-hydrogen) atoms. The summed E-state index contributed by atoms with van der Waals surface area (Å²) >= 11 is 6.17. The largest absolute Gasteiger partial charge is 0.477 e. The van der Waals surface area contributed by atoms with Crippen LogP contribution in [0.5, 0.6) is 0 Å². The lowest BCUT2D eigenvalue weighted by molar-refractivity contribution is 0.0685. The van der Waals surface area contributed by atoms with Gasteiger partial charge in [0.25, 0.3) is 0 Å². The molecular formula is C14H12ClN3O2. The number of nitrogens with zero attached hydrogens (tertiary/aromatic N) is 2. The van der Waals surface area contributed by atoms with Crippen molar-refractivity contribution in [3.63, 3.8) is 0 Å². The number of nitrogens with one attached hydrogen (secondary N) is 1. The first-order valence-corrected chi connectivity index (χ1v) is 6.41. The number of benzene rings is 1. The third kappa shape index (κ3) is 1.78. The SMILES string of the molecule is Cc1[nH]c2c(Cl)cccc2c1-c1cc(C(=O)O)n(C)n1. The smallest absolute Gasteiger partial charge is 0.354 e. The zero-order chi connectivity index (χ0) is 14.4. The van der Waals surface area contributed by atoms with Gasteiger partial charge in [-0.05, 0) is 19.1 Å². The summed E-state index contributed by atoms with van der Waals surface area (Å²) in [4.78, 5) is 14.3. The van der Waals surface area contributed by atoms with Crippen LogP contribution in [-0.4, -0.2) is 25.8 Å². The first-order chi connectivity index (χ1) is 9.49. The molecule has 0 aliphatic heterocycles. The Morgan fingerprint density at radius 2 is 2.20 bits per heavy atom. The predicted octanol–water partition coefficient (Wildman–Crippen LogP) is 3.23. The van der Waals surface area contributed by atoms with Crippen molar-refractivity contribution in [1.82, 2.24) is 14.8 Å². The predicted molar refractivity (Wildman–Crippen MR) is 77.2 cm³/mol. The Labute approximate surface area is 119 Å². The van der Waals surface area contributed by atoms with E-state index in [-0.39, 0.29) is 5.69 Å². The van der Waals surface area contributed by atoms with Crippen molar-refractivity contribution in [1.29, 1.82) is 0 Å². The van der Waals surface area contributed by atoms with Gasteiger partial charge in [-0.25, -0.2) is 4.79 Å². The van der Waals surface area contributed by atoms with Gasteiger partial charge in [-0.2, -0.15) is 5.10 Å². The second kappa shape index (κ2) is 4.38. The van der Waals surface area contributed by atoms with E-state index in [4.69, 9.17) is 16.7 Å². The summed E-state index contributed by atoms with van der Waals surface area (Å²) in [6, 6.07) is 7.18. The Kier molecular flexibility index (Phi) is 2.79. The average molecular weight is 290 g/mol. The summed E-state index contributed by atoms with van der Waals surface area (Å²) in [5.41, 5.74) is 3.39. The number of fused-ring (bicyclic) bond motifs is 1. The van der Waals surface area contributed by atoms with Gasteiger partial charge in [-0.3, -0.25) is 4.68 Å². The first kappa shape index (κ1) is 12.7. The number of aryl methyl sites for hydroxylation is 2. The molecule has 0 fully saturated rings. The summed E-state index contributed by atoms with van der Waals surface area (Å²) < 4.78 is 1.36. The second-order valence-corrected chi connectivity index (χ2v) is 5.04. The lowest BCUT2D eigenvalue weighted by Crippen LogP contribution is -2.04. The zero-order valence-corrected chi connectivity index (χ0v) is 11.7. The van der Waals surface area contributed by atoms with E-state index in [1.165, 1.54) is 4.68 Å². The molecule has 0 aliphatic rings. The van der Waals surface area contributed by atoms with E-state index in [9.17, 15) is 4.79 Å². The molecule has 0 bridgehead atoms. The third-order valence-corrected chi connectivity index (χ3v) is 3.64.